The highest BCUT2D eigenvalue weighted by atomic mass is 19.1. The van der Waals surface area contributed by atoms with Crippen LogP contribution in [-0.4, -0.2) is 107 Å². The Morgan fingerprint density at radius 2 is 1.73 bits per heavy atom. The van der Waals surface area contributed by atoms with Gasteiger partial charge in [-0.3, -0.25) is 19.6 Å². The van der Waals surface area contributed by atoms with Gasteiger partial charge in [-0.05, 0) is 76.3 Å². The standard InChI is InChI=1S/C35H48FN5O4/c1-23-16-39(27(18-40(23)33(43)45-34(2,3)4)17-38-19-28-11-12-29(20-38)44-28)21-31(42)41-22-35(5,6)32-30(41)14-25(15-37-32)13-24-7-9-26(36)10-8-24/h7-10,14-15,23,27-29H,11-13,16-22H2,1-6H3/t23-,27+,28?,29?/m1/s1. The average molecular weight is 622 g/mol. The van der Waals surface area contributed by atoms with Crippen molar-refractivity contribution < 1.29 is 23.5 Å². The number of hydrogen-bond donors (Lipinski definition) is 0. The summed E-state index contributed by atoms with van der Waals surface area (Å²) in [6, 6.07) is 8.46. The minimum Gasteiger partial charge on any atom is -0.444 e. The molecule has 3 saturated heterocycles. The first kappa shape index (κ1) is 31.9. The van der Waals surface area contributed by atoms with Gasteiger partial charge < -0.3 is 19.3 Å². The molecule has 1 aromatic carbocycles. The Kier molecular flexibility index (Phi) is 8.69. The second kappa shape index (κ2) is 12.3. The Morgan fingerprint density at radius 3 is 2.40 bits per heavy atom. The molecular formula is C35H48FN5O4. The fourth-order valence-electron chi connectivity index (χ4n) is 7.39. The van der Waals surface area contributed by atoms with Gasteiger partial charge in [-0.15, -0.1) is 0 Å². The molecule has 3 fully saturated rings. The van der Waals surface area contributed by atoms with Crippen molar-refractivity contribution in [3.63, 3.8) is 0 Å². The molecule has 0 N–H and O–H groups in total. The zero-order valence-electron chi connectivity index (χ0n) is 27.6. The predicted molar refractivity (Wildman–Crippen MR) is 171 cm³/mol. The van der Waals surface area contributed by atoms with E-state index in [9.17, 15) is 14.0 Å². The number of carbonyl (C=O) groups excluding carboxylic acids is 2. The average Bonchev–Trinajstić information content (AvgIpc) is 3.44. The quantitative estimate of drug-likeness (QED) is 0.466. The molecule has 45 heavy (non-hydrogen) atoms. The van der Waals surface area contributed by atoms with Crippen molar-refractivity contribution >= 4 is 17.7 Å². The Morgan fingerprint density at radius 1 is 1.04 bits per heavy atom. The molecule has 0 aliphatic carbocycles. The molecule has 5 heterocycles. The molecule has 244 valence electrons. The fourth-order valence-corrected chi connectivity index (χ4v) is 7.39. The second-order valence-electron chi connectivity index (χ2n) is 15.1. The number of benzene rings is 1. The minimum absolute atomic E-state index is 0.0202. The number of nitrogens with zero attached hydrogens (tertiary/aromatic N) is 5. The maximum Gasteiger partial charge on any atom is 0.410 e. The number of rotatable bonds is 6. The van der Waals surface area contributed by atoms with Crippen LogP contribution in [0.3, 0.4) is 0 Å². The van der Waals surface area contributed by atoms with E-state index >= 15 is 0 Å². The van der Waals surface area contributed by atoms with E-state index in [0.717, 1.165) is 55.0 Å². The van der Waals surface area contributed by atoms with Gasteiger partial charge >= 0.3 is 6.09 Å². The number of halogens is 1. The number of anilines is 1. The van der Waals surface area contributed by atoms with Gasteiger partial charge in [0.25, 0.3) is 0 Å². The van der Waals surface area contributed by atoms with Crippen molar-refractivity contribution in [2.45, 2.75) is 96.1 Å². The van der Waals surface area contributed by atoms with E-state index in [1.165, 1.54) is 12.1 Å². The van der Waals surface area contributed by atoms with Crippen LogP contribution in [0, 0.1) is 5.82 Å². The first-order chi connectivity index (χ1) is 21.2. The third kappa shape index (κ3) is 7.18. The fraction of sp³-hybridized carbons (Fsp3) is 0.629. The molecule has 1 aromatic heterocycles. The molecule has 2 bridgehead atoms. The van der Waals surface area contributed by atoms with Crippen LogP contribution >= 0.6 is 0 Å². The number of likely N-dealkylation sites (tertiary alicyclic amines) is 1. The van der Waals surface area contributed by atoms with Crippen LogP contribution in [0.1, 0.15) is 71.2 Å². The van der Waals surface area contributed by atoms with Crippen molar-refractivity contribution in [2.24, 2.45) is 0 Å². The molecule has 2 amide bonds. The van der Waals surface area contributed by atoms with Gasteiger partial charge in [0.05, 0.1) is 30.1 Å². The molecule has 0 spiro atoms. The maximum absolute atomic E-state index is 14.2. The van der Waals surface area contributed by atoms with Gasteiger partial charge in [0.1, 0.15) is 11.4 Å². The third-order valence-corrected chi connectivity index (χ3v) is 9.54. The summed E-state index contributed by atoms with van der Waals surface area (Å²) in [5, 5.41) is 0. The predicted octanol–water partition coefficient (Wildman–Crippen LogP) is 4.61. The summed E-state index contributed by atoms with van der Waals surface area (Å²) in [6.45, 7) is 16.4. The summed E-state index contributed by atoms with van der Waals surface area (Å²) >= 11 is 0. The van der Waals surface area contributed by atoms with Crippen molar-refractivity contribution in [3.05, 3.63) is 59.2 Å². The number of ether oxygens (including phenoxy) is 2. The van der Waals surface area contributed by atoms with Gasteiger partial charge in [-0.1, -0.05) is 26.0 Å². The molecule has 2 aromatic rings. The van der Waals surface area contributed by atoms with E-state index in [0.29, 0.717) is 26.1 Å². The first-order valence-corrected chi connectivity index (χ1v) is 16.4. The van der Waals surface area contributed by atoms with Gasteiger partial charge in [0, 0.05) is 63.0 Å². The Hall–Kier alpha value is -3.08. The molecule has 4 aliphatic rings. The summed E-state index contributed by atoms with van der Waals surface area (Å²) in [5.41, 5.74) is 2.88. The topological polar surface area (TPSA) is 78.5 Å². The maximum atomic E-state index is 14.2. The van der Waals surface area contributed by atoms with Gasteiger partial charge in [-0.25, -0.2) is 9.18 Å². The minimum atomic E-state index is -0.581. The van der Waals surface area contributed by atoms with Gasteiger partial charge in [0.2, 0.25) is 5.91 Å². The molecule has 6 rings (SSSR count). The lowest BCUT2D eigenvalue weighted by Gasteiger charge is -2.47. The normalized spacial score (nSPS) is 26.6. The third-order valence-electron chi connectivity index (χ3n) is 9.54. The largest absolute Gasteiger partial charge is 0.444 e. The number of hydrogen-bond acceptors (Lipinski definition) is 7. The van der Waals surface area contributed by atoms with E-state index in [4.69, 9.17) is 14.5 Å². The van der Waals surface area contributed by atoms with E-state index < -0.39 is 5.60 Å². The molecular weight excluding hydrogens is 573 g/mol. The smallest absolute Gasteiger partial charge is 0.410 e. The summed E-state index contributed by atoms with van der Waals surface area (Å²) in [4.78, 5) is 40.8. The molecule has 2 unspecified atom stereocenters. The van der Waals surface area contributed by atoms with Crippen LogP contribution in [0.25, 0.3) is 0 Å². The lowest BCUT2D eigenvalue weighted by Crippen LogP contribution is -2.64. The Labute approximate surface area is 266 Å². The van der Waals surface area contributed by atoms with Crippen molar-refractivity contribution in [2.75, 3.05) is 50.7 Å². The monoisotopic (exact) mass is 621 g/mol. The molecule has 4 aliphatic heterocycles. The van der Waals surface area contributed by atoms with Crippen LogP contribution < -0.4 is 4.90 Å². The van der Waals surface area contributed by atoms with E-state index in [1.54, 1.807) is 12.1 Å². The highest BCUT2D eigenvalue weighted by Gasteiger charge is 2.43. The summed E-state index contributed by atoms with van der Waals surface area (Å²) in [6.07, 6.45) is 4.90. The number of amides is 2. The molecule has 10 heteroatoms. The van der Waals surface area contributed by atoms with E-state index in [2.05, 4.69) is 29.7 Å². The molecule has 4 atom stereocenters. The second-order valence-corrected chi connectivity index (χ2v) is 15.1. The number of fused-ring (bicyclic) bond motifs is 3. The SMILES string of the molecule is C[C@@H]1CN(CC(=O)N2CC(C)(C)c3ncc(Cc4ccc(F)cc4)cc32)[C@@H](CN2CC3CCC(C2)O3)CN1C(=O)OC(C)(C)C. The van der Waals surface area contributed by atoms with Crippen LogP contribution in [0.4, 0.5) is 14.9 Å². The molecule has 0 radical (unpaired) electrons. The number of aromatic nitrogens is 1. The zero-order chi connectivity index (χ0) is 32.1. The van der Waals surface area contributed by atoms with Crippen molar-refractivity contribution in [1.82, 2.24) is 19.7 Å². The van der Waals surface area contributed by atoms with Crippen LogP contribution in [0.15, 0.2) is 36.5 Å². The van der Waals surface area contributed by atoms with Crippen LogP contribution in [-0.2, 0) is 26.1 Å². The highest BCUT2D eigenvalue weighted by molar-refractivity contribution is 5.97. The number of morpholine rings is 1. The van der Waals surface area contributed by atoms with Gasteiger partial charge in [-0.2, -0.15) is 0 Å². The Balaban J connectivity index is 1.21. The van der Waals surface area contributed by atoms with Crippen LogP contribution in [0.2, 0.25) is 0 Å². The summed E-state index contributed by atoms with van der Waals surface area (Å²) in [5.74, 6) is -0.225. The summed E-state index contributed by atoms with van der Waals surface area (Å²) in [7, 11) is 0. The van der Waals surface area contributed by atoms with E-state index in [1.807, 2.05) is 43.7 Å². The molecule has 0 saturated carbocycles. The van der Waals surface area contributed by atoms with E-state index in [-0.39, 0.29) is 54.1 Å². The number of carbonyl (C=O) groups is 2. The Bertz CT molecular complexity index is 1400. The lowest BCUT2D eigenvalue weighted by atomic mass is 9.91. The summed E-state index contributed by atoms with van der Waals surface area (Å²) < 4.78 is 25.3. The van der Waals surface area contributed by atoms with Crippen LogP contribution in [0.5, 0.6) is 0 Å². The van der Waals surface area contributed by atoms with Gasteiger partial charge in [0.15, 0.2) is 0 Å². The van der Waals surface area contributed by atoms with Crippen molar-refractivity contribution in [3.8, 4) is 0 Å². The lowest BCUT2D eigenvalue weighted by molar-refractivity contribution is -0.122. The highest BCUT2D eigenvalue weighted by Crippen LogP contribution is 2.40. The molecule has 9 nitrogen and oxygen atoms in total. The van der Waals surface area contributed by atoms with Crippen molar-refractivity contribution in [1.29, 1.82) is 0 Å². The first-order valence-electron chi connectivity index (χ1n) is 16.4. The zero-order valence-corrected chi connectivity index (χ0v) is 27.6. The number of piperazine rings is 1. The number of pyridine rings is 1.